The van der Waals surface area contributed by atoms with Crippen LogP contribution < -0.4 is 0 Å². The summed E-state index contributed by atoms with van der Waals surface area (Å²) in [4.78, 5) is 12.8. The Balaban J connectivity index is 0.00000312. The Bertz CT molecular complexity index is 671. The number of carboxylic acid groups (broad SMARTS) is 1. The van der Waals surface area contributed by atoms with Crippen LogP contribution in [0.25, 0.3) is 6.08 Å². The molecule has 1 saturated heterocycles. The molecular formula is C17H25ClN2O4S. The highest BCUT2D eigenvalue weighted by atomic mass is 35.5. The Hall–Kier alpha value is -1.41. The summed E-state index contributed by atoms with van der Waals surface area (Å²) in [5, 5.41) is 10.2. The lowest BCUT2D eigenvalue weighted by Gasteiger charge is -2.36. The predicted octanol–water partition coefficient (Wildman–Crippen LogP) is 2.28. The minimum atomic E-state index is -3.44. The van der Waals surface area contributed by atoms with E-state index < -0.39 is 16.0 Å². The monoisotopic (exact) mass is 388 g/mol. The highest BCUT2D eigenvalue weighted by molar-refractivity contribution is 7.92. The number of rotatable bonds is 7. The molecule has 1 aromatic rings. The van der Waals surface area contributed by atoms with E-state index in [9.17, 15) is 13.2 Å². The molecule has 1 aliphatic rings. The largest absolute Gasteiger partial charge is 0.480 e. The molecule has 2 rings (SSSR count). The van der Waals surface area contributed by atoms with Crippen LogP contribution >= 0.6 is 12.4 Å². The van der Waals surface area contributed by atoms with Crippen LogP contribution in [0.1, 0.15) is 25.3 Å². The molecule has 1 fully saturated rings. The van der Waals surface area contributed by atoms with Crippen LogP contribution in [0.3, 0.4) is 0 Å². The number of halogens is 1. The lowest BCUT2D eigenvalue weighted by Crippen LogP contribution is -2.47. The molecule has 8 heteroatoms. The van der Waals surface area contributed by atoms with Gasteiger partial charge < -0.3 is 5.11 Å². The number of benzene rings is 1. The van der Waals surface area contributed by atoms with Crippen molar-refractivity contribution in [2.24, 2.45) is 0 Å². The fourth-order valence-corrected chi connectivity index (χ4v) is 4.17. The van der Waals surface area contributed by atoms with Crippen molar-refractivity contribution in [1.29, 1.82) is 0 Å². The van der Waals surface area contributed by atoms with E-state index >= 15 is 0 Å². The summed E-state index contributed by atoms with van der Waals surface area (Å²) in [6, 6.07) is 9.43. The van der Waals surface area contributed by atoms with Crippen LogP contribution in [-0.4, -0.2) is 60.9 Å². The molecular weight excluding hydrogens is 364 g/mol. The van der Waals surface area contributed by atoms with Crippen LogP contribution in [-0.2, 0) is 14.8 Å². The molecule has 1 aliphatic heterocycles. The Morgan fingerprint density at radius 3 is 2.40 bits per heavy atom. The maximum atomic E-state index is 12.4. The topological polar surface area (TPSA) is 77.9 Å². The van der Waals surface area contributed by atoms with Crippen LogP contribution in [0.4, 0.5) is 0 Å². The lowest BCUT2D eigenvalue weighted by molar-refractivity contribution is -0.139. The maximum Gasteiger partial charge on any atom is 0.317 e. The number of carboxylic acids is 1. The van der Waals surface area contributed by atoms with Gasteiger partial charge in [0.15, 0.2) is 0 Å². The second kappa shape index (κ2) is 9.91. The fraction of sp³-hybridized carbons (Fsp3) is 0.471. The zero-order valence-electron chi connectivity index (χ0n) is 14.2. The van der Waals surface area contributed by atoms with Gasteiger partial charge in [-0.2, -0.15) is 4.31 Å². The first kappa shape index (κ1) is 21.6. The van der Waals surface area contributed by atoms with Crippen molar-refractivity contribution in [2.45, 2.75) is 25.8 Å². The van der Waals surface area contributed by atoms with E-state index in [1.54, 1.807) is 6.08 Å². The summed E-state index contributed by atoms with van der Waals surface area (Å²) in [5.74, 6) is -0.849. The van der Waals surface area contributed by atoms with E-state index in [1.165, 1.54) is 9.71 Å². The predicted molar refractivity (Wildman–Crippen MR) is 101 cm³/mol. The molecule has 1 N–H and O–H groups in total. The molecule has 0 radical (unpaired) electrons. The molecule has 0 amide bonds. The van der Waals surface area contributed by atoms with Crippen LogP contribution in [0.5, 0.6) is 0 Å². The molecule has 1 aromatic carbocycles. The van der Waals surface area contributed by atoms with Crippen LogP contribution in [0.15, 0.2) is 35.7 Å². The minimum absolute atomic E-state index is 0. The Morgan fingerprint density at radius 1 is 1.28 bits per heavy atom. The van der Waals surface area contributed by atoms with Crippen molar-refractivity contribution in [1.82, 2.24) is 9.21 Å². The van der Waals surface area contributed by atoms with Crippen molar-refractivity contribution in [3.63, 3.8) is 0 Å². The van der Waals surface area contributed by atoms with E-state index in [0.29, 0.717) is 32.5 Å². The Kier molecular flexibility index (Phi) is 8.58. The average molecular weight is 389 g/mol. The molecule has 0 atom stereocenters. The molecule has 0 aliphatic carbocycles. The molecule has 0 spiro atoms. The number of nitrogens with zero attached hydrogens (tertiary/aromatic N) is 2. The first-order chi connectivity index (χ1) is 11.4. The number of carbonyl (C=O) groups is 1. The average Bonchev–Trinajstić information content (AvgIpc) is 2.59. The van der Waals surface area contributed by atoms with Gasteiger partial charge >= 0.3 is 5.97 Å². The third kappa shape index (κ3) is 6.43. The molecule has 0 aromatic heterocycles. The quantitative estimate of drug-likeness (QED) is 0.775. The number of hydrogen-bond donors (Lipinski definition) is 1. The second-order valence-corrected chi connectivity index (χ2v) is 7.66. The highest BCUT2D eigenvalue weighted by Gasteiger charge is 2.29. The molecule has 6 nitrogen and oxygen atoms in total. The van der Waals surface area contributed by atoms with Gasteiger partial charge in [-0.3, -0.25) is 9.69 Å². The highest BCUT2D eigenvalue weighted by Crippen LogP contribution is 2.20. The van der Waals surface area contributed by atoms with Crippen molar-refractivity contribution in [3.05, 3.63) is 41.3 Å². The van der Waals surface area contributed by atoms with E-state index in [4.69, 9.17) is 5.11 Å². The van der Waals surface area contributed by atoms with Crippen molar-refractivity contribution >= 4 is 34.5 Å². The van der Waals surface area contributed by atoms with Crippen molar-refractivity contribution in [2.75, 3.05) is 26.2 Å². The Labute approximate surface area is 155 Å². The van der Waals surface area contributed by atoms with E-state index in [2.05, 4.69) is 0 Å². The smallest absolute Gasteiger partial charge is 0.317 e. The van der Waals surface area contributed by atoms with Crippen molar-refractivity contribution < 1.29 is 18.3 Å². The molecule has 0 bridgehead atoms. The van der Waals surface area contributed by atoms with E-state index in [1.807, 2.05) is 42.2 Å². The van der Waals surface area contributed by atoms with Crippen LogP contribution in [0, 0.1) is 0 Å². The summed E-state index contributed by atoms with van der Waals surface area (Å²) in [5.41, 5.74) is 0.842. The Morgan fingerprint density at radius 2 is 1.88 bits per heavy atom. The SMILES string of the molecule is CCN(CC(=O)O)C1CCN(S(=O)(=O)/C=C/c2ccccc2)CC1.Cl. The van der Waals surface area contributed by atoms with Gasteiger partial charge in [-0.05, 0) is 31.0 Å². The molecule has 0 unspecified atom stereocenters. The summed E-state index contributed by atoms with van der Waals surface area (Å²) in [7, 11) is -3.44. The number of sulfonamides is 1. The van der Waals surface area contributed by atoms with Crippen LogP contribution in [0.2, 0.25) is 0 Å². The van der Waals surface area contributed by atoms with Gasteiger partial charge in [-0.15, -0.1) is 12.4 Å². The summed E-state index contributed by atoms with van der Waals surface area (Å²) in [6.07, 6.45) is 2.91. The lowest BCUT2D eigenvalue weighted by atomic mass is 10.0. The molecule has 140 valence electrons. The summed E-state index contributed by atoms with van der Waals surface area (Å²) < 4.78 is 26.3. The number of piperidine rings is 1. The van der Waals surface area contributed by atoms with Gasteiger partial charge in [-0.25, -0.2) is 8.42 Å². The standard InChI is InChI=1S/C17H24N2O4S.ClH/c1-2-18(14-17(20)21)16-8-11-19(12-9-16)24(22,23)13-10-15-6-4-3-5-7-15;/h3-7,10,13,16H,2,8-9,11-12,14H2,1H3,(H,20,21);1H/b13-10+;. The number of hydrogen-bond acceptors (Lipinski definition) is 4. The molecule has 25 heavy (non-hydrogen) atoms. The number of aliphatic carboxylic acids is 1. The molecule has 1 heterocycles. The third-order valence-electron chi connectivity index (χ3n) is 4.28. The first-order valence-corrected chi connectivity index (χ1v) is 9.62. The van der Waals surface area contributed by atoms with Gasteiger partial charge in [0.1, 0.15) is 0 Å². The molecule has 0 saturated carbocycles. The summed E-state index contributed by atoms with van der Waals surface area (Å²) >= 11 is 0. The second-order valence-electron chi connectivity index (χ2n) is 5.85. The van der Waals surface area contributed by atoms with Gasteiger partial charge in [0.2, 0.25) is 10.0 Å². The fourth-order valence-electron chi connectivity index (χ4n) is 2.95. The van der Waals surface area contributed by atoms with Gasteiger partial charge in [0.05, 0.1) is 6.54 Å². The normalized spacial score (nSPS) is 16.9. The zero-order chi connectivity index (χ0) is 17.6. The first-order valence-electron chi connectivity index (χ1n) is 8.11. The summed E-state index contributed by atoms with van der Waals surface area (Å²) in [6.45, 7) is 3.42. The van der Waals surface area contributed by atoms with Gasteiger partial charge in [-0.1, -0.05) is 37.3 Å². The van der Waals surface area contributed by atoms with Gasteiger partial charge in [0.25, 0.3) is 0 Å². The number of likely N-dealkylation sites (N-methyl/N-ethyl adjacent to an activating group) is 1. The van der Waals surface area contributed by atoms with E-state index in [-0.39, 0.29) is 25.0 Å². The zero-order valence-corrected chi connectivity index (χ0v) is 15.9. The van der Waals surface area contributed by atoms with Crippen molar-refractivity contribution in [3.8, 4) is 0 Å². The minimum Gasteiger partial charge on any atom is -0.480 e. The van der Waals surface area contributed by atoms with Gasteiger partial charge in [0, 0.05) is 24.5 Å². The maximum absolute atomic E-state index is 12.4. The third-order valence-corrected chi connectivity index (χ3v) is 5.84. The van der Waals surface area contributed by atoms with E-state index in [0.717, 1.165) is 5.56 Å².